The molecule has 0 spiro atoms. The van der Waals surface area contributed by atoms with Gasteiger partial charge < -0.3 is 10.1 Å². The molecule has 2 heteroatoms. The van der Waals surface area contributed by atoms with Gasteiger partial charge >= 0.3 is 0 Å². The minimum Gasteiger partial charge on any atom is -0.385 e. The highest BCUT2D eigenvalue weighted by Crippen LogP contribution is 2.50. The molecule has 0 radical (unpaired) electrons. The standard InChI is InChI=1S/C15H29NO/c1-3-16-15(5-4-8-17-2)11-14-10-12-6-7-13(14)9-12/h12-16H,3-11H2,1-2H3. The Morgan fingerprint density at radius 2 is 2.18 bits per heavy atom. The van der Waals surface area contributed by atoms with Gasteiger partial charge in [-0.1, -0.05) is 13.3 Å². The van der Waals surface area contributed by atoms with E-state index in [0.717, 1.165) is 36.9 Å². The Morgan fingerprint density at radius 3 is 2.76 bits per heavy atom. The molecule has 0 aromatic carbocycles. The second-order valence-electron chi connectivity index (χ2n) is 6.06. The van der Waals surface area contributed by atoms with Crippen molar-refractivity contribution in [3.8, 4) is 0 Å². The highest BCUT2D eigenvalue weighted by Gasteiger charge is 2.39. The van der Waals surface area contributed by atoms with Crippen LogP contribution >= 0.6 is 0 Å². The van der Waals surface area contributed by atoms with Gasteiger partial charge in [-0.15, -0.1) is 0 Å². The van der Waals surface area contributed by atoms with Crippen LogP contribution < -0.4 is 5.32 Å². The Hall–Kier alpha value is -0.0800. The van der Waals surface area contributed by atoms with Crippen molar-refractivity contribution in [2.45, 2.75) is 57.9 Å². The van der Waals surface area contributed by atoms with Crippen molar-refractivity contribution in [2.75, 3.05) is 20.3 Å². The molecule has 4 atom stereocenters. The molecule has 2 saturated carbocycles. The van der Waals surface area contributed by atoms with Crippen LogP contribution in [-0.4, -0.2) is 26.3 Å². The highest BCUT2D eigenvalue weighted by molar-refractivity contribution is 4.91. The number of hydrogen-bond acceptors (Lipinski definition) is 2. The zero-order valence-electron chi connectivity index (χ0n) is 11.6. The zero-order valence-corrected chi connectivity index (χ0v) is 11.6. The minimum atomic E-state index is 0.736. The van der Waals surface area contributed by atoms with Crippen LogP contribution in [0.1, 0.15) is 51.9 Å². The lowest BCUT2D eigenvalue weighted by molar-refractivity contribution is 0.184. The summed E-state index contributed by atoms with van der Waals surface area (Å²) in [5.41, 5.74) is 0. The quantitative estimate of drug-likeness (QED) is 0.657. The summed E-state index contributed by atoms with van der Waals surface area (Å²) in [6, 6.07) is 0.736. The minimum absolute atomic E-state index is 0.736. The maximum absolute atomic E-state index is 5.16. The topological polar surface area (TPSA) is 21.3 Å². The molecular weight excluding hydrogens is 210 g/mol. The van der Waals surface area contributed by atoms with E-state index in [1.807, 2.05) is 0 Å². The molecule has 0 heterocycles. The number of methoxy groups -OCH3 is 1. The number of hydrogen-bond donors (Lipinski definition) is 1. The summed E-state index contributed by atoms with van der Waals surface area (Å²) in [6.45, 7) is 4.25. The van der Waals surface area contributed by atoms with E-state index >= 15 is 0 Å². The molecule has 0 amide bonds. The summed E-state index contributed by atoms with van der Waals surface area (Å²) in [5.74, 6) is 3.19. The van der Waals surface area contributed by atoms with E-state index in [4.69, 9.17) is 4.74 Å². The van der Waals surface area contributed by atoms with Gasteiger partial charge in [-0.2, -0.15) is 0 Å². The molecule has 0 saturated heterocycles. The molecule has 0 aromatic heterocycles. The zero-order chi connectivity index (χ0) is 12.1. The number of rotatable bonds is 8. The second-order valence-corrected chi connectivity index (χ2v) is 6.06. The van der Waals surface area contributed by atoms with E-state index in [9.17, 15) is 0 Å². The Kier molecular flexibility index (Phi) is 5.30. The van der Waals surface area contributed by atoms with E-state index in [2.05, 4.69) is 12.2 Å². The molecule has 2 aliphatic rings. The van der Waals surface area contributed by atoms with Gasteiger partial charge in [-0.05, 0) is 62.8 Å². The molecule has 4 unspecified atom stereocenters. The maximum Gasteiger partial charge on any atom is 0.0462 e. The van der Waals surface area contributed by atoms with Crippen LogP contribution in [0.5, 0.6) is 0 Å². The Balaban J connectivity index is 1.72. The van der Waals surface area contributed by atoms with E-state index in [0.29, 0.717) is 0 Å². The Bertz CT molecular complexity index is 219. The van der Waals surface area contributed by atoms with Gasteiger partial charge in [0.2, 0.25) is 0 Å². The van der Waals surface area contributed by atoms with Crippen molar-refractivity contribution >= 4 is 0 Å². The molecule has 2 bridgehead atoms. The molecule has 100 valence electrons. The van der Waals surface area contributed by atoms with Crippen molar-refractivity contribution in [1.82, 2.24) is 5.32 Å². The molecule has 0 aliphatic heterocycles. The van der Waals surface area contributed by atoms with E-state index in [1.165, 1.54) is 38.5 Å². The van der Waals surface area contributed by atoms with Gasteiger partial charge in [0, 0.05) is 19.8 Å². The monoisotopic (exact) mass is 239 g/mol. The Labute approximate surface area is 107 Å². The molecule has 2 aliphatic carbocycles. The summed E-state index contributed by atoms with van der Waals surface area (Å²) < 4.78 is 5.16. The van der Waals surface area contributed by atoms with Crippen LogP contribution in [0.3, 0.4) is 0 Å². The van der Waals surface area contributed by atoms with E-state index < -0.39 is 0 Å². The van der Waals surface area contributed by atoms with Crippen LogP contribution in [0, 0.1) is 17.8 Å². The molecule has 2 rings (SSSR count). The van der Waals surface area contributed by atoms with Crippen molar-refractivity contribution in [1.29, 1.82) is 0 Å². The van der Waals surface area contributed by atoms with Crippen LogP contribution in [0.15, 0.2) is 0 Å². The number of ether oxygens (including phenoxy) is 1. The van der Waals surface area contributed by atoms with E-state index in [1.54, 1.807) is 13.5 Å². The fourth-order valence-corrected chi connectivity index (χ4v) is 4.10. The molecular formula is C15H29NO. The third-order valence-electron chi connectivity index (χ3n) is 4.87. The van der Waals surface area contributed by atoms with Gasteiger partial charge in [-0.3, -0.25) is 0 Å². The fraction of sp³-hybridized carbons (Fsp3) is 1.00. The largest absolute Gasteiger partial charge is 0.385 e. The summed E-state index contributed by atoms with van der Waals surface area (Å²) in [5, 5.41) is 3.67. The average Bonchev–Trinajstić information content (AvgIpc) is 2.91. The van der Waals surface area contributed by atoms with Gasteiger partial charge in [-0.25, -0.2) is 0 Å². The summed E-state index contributed by atoms with van der Waals surface area (Å²) in [7, 11) is 1.80. The van der Waals surface area contributed by atoms with Crippen molar-refractivity contribution < 1.29 is 4.74 Å². The number of nitrogens with one attached hydrogen (secondary N) is 1. The first-order valence-electron chi connectivity index (χ1n) is 7.55. The third kappa shape index (κ3) is 3.69. The van der Waals surface area contributed by atoms with Crippen molar-refractivity contribution in [2.24, 2.45) is 17.8 Å². The number of fused-ring (bicyclic) bond motifs is 2. The van der Waals surface area contributed by atoms with Crippen molar-refractivity contribution in [3.63, 3.8) is 0 Å². The van der Waals surface area contributed by atoms with Crippen LogP contribution in [0.2, 0.25) is 0 Å². The summed E-state index contributed by atoms with van der Waals surface area (Å²) in [6.07, 6.45) is 10.0. The molecule has 2 nitrogen and oxygen atoms in total. The summed E-state index contributed by atoms with van der Waals surface area (Å²) >= 11 is 0. The first-order chi connectivity index (χ1) is 8.33. The normalized spacial score (nSPS) is 33.2. The predicted molar refractivity (Wildman–Crippen MR) is 72.1 cm³/mol. The van der Waals surface area contributed by atoms with Gasteiger partial charge in [0.1, 0.15) is 0 Å². The second kappa shape index (κ2) is 6.75. The Morgan fingerprint density at radius 1 is 1.29 bits per heavy atom. The van der Waals surface area contributed by atoms with Gasteiger partial charge in [0.05, 0.1) is 0 Å². The van der Waals surface area contributed by atoms with E-state index in [-0.39, 0.29) is 0 Å². The van der Waals surface area contributed by atoms with Crippen LogP contribution in [0.4, 0.5) is 0 Å². The maximum atomic E-state index is 5.16. The third-order valence-corrected chi connectivity index (χ3v) is 4.87. The highest BCUT2D eigenvalue weighted by atomic mass is 16.5. The lowest BCUT2D eigenvalue weighted by Crippen LogP contribution is -2.32. The fourth-order valence-electron chi connectivity index (χ4n) is 4.10. The van der Waals surface area contributed by atoms with Crippen molar-refractivity contribution in [3.05, 3.63) is 0 Å². The van der Waals surface area contributed by atoms with Crippen LogP contribution in [0.25, 0.3) is 0 Å². The van der Waals surface area contributed by atoms with Gasteiger partial charge in [0.25, 0.3) is 0 Å². The SMILES string of the molecule is CCNC(CCCOC)CC1CC2CCC1C2. The first-order valence-corrected chi connectivity index (χ1v) is 7.55. The first kappa shape index (κ1) is 13.4. The predicted octanol–water partition coefficient (Wildman–Crippen LogP) is 3.22. The smallest absolute Gasteiger partial charge is 0.0462 e. The molecule has 17 heavy (non-hydrogen) atoms. The molecule has 0 aromatic rings. The lowest BCUT2D eigenvalue weighted by atomic mass is 9.83. The molecule has 2 fully saturated rings. The summed E-state index contributed by atoms with van der Waals surface area (Å²) in [4.78, 5) is 0. The van der Waals surface area contributed by atoms with Gasteiger partial charge in [0.15, 0.2) is 0 Å². The van der Waals surface area contributed by atoms with Crippen LogP contribution in [-0.2, 0) is 4.74 Å². The average molecular weight is 239 g/mol. The lowest BCUT2D eigenvalue weighted by Gasteiger charge is -2.27. The molecule has 1 N–H and O–H groups in total.